The van der Waals surface area contributed by atoms with Crippen molar-refractivity contribution in [3.8, 4) is 0 Å². The van der Waals surface area contributed by atoms with Gasteiger partial charge in [-0.25, -0.2) is 9.78 Å². The molecule has 1 aromatic heterocycles. The third kappa shape index (κ3) is 2.38. The zero-order valence-electron chi connectivity index (χ0n) is 8.91. The van der Waals surface area contributed by atoms with Crippen LogP contribution in [0.1, 0.15) is 16.9 Å². The molecule has 1 fully saturated rings. The van der Waals surface area contributed by atoms with Crippen molar-refractivity contribution in [3.05, 3.63) is 18.1 Å². The lowest BCUT2D eigenvalue weighted by Crippen LogP contribution is -2.26. The van der Waals surface area contributed by atoms with Gasteiger partial charge in [-0.05, 0) is 11.7 Å². The molecule has 90 valence electrons. The number of carbonyl (C=O) groups is 2. The van der Waals surface area contributed by atoms with Crippen molar-refractivity contribution in [3.63, 3.8) is 0 Å². The Morgan fingerprint density at radius 2 is 2.35 bits per heavy atom. The lowest BCUT2D eigenvalue weighted by Gasteiger charge is -2.14. The van der Waals surface area contributed by atoms with Crippen LogP contribution in [0.2, 0.25) is 0 Å². The second kappa shape index (κ2) is 4.70. The fourth-order valence-electron chi connectivity index (χ4n) is 1.71. The van der Waals surface area contributed by atoms with Crippen LogP contribution in [0.5, 0.6) is 0 Å². The van der Waals surface area contributed by atoms with Crippen LogP contribution in [-0.4, -0.2) is 39.2 Å². The van der Waals surface area contributed by atoms with Crippen LogP contribution in [-0.2, 0) is 4.79 Å². The molecule has 1 N–H and O–H groups in total. The molecular weight excluding hydrogens is 242 g/mol. The molecule has 6 nitrogen and oxygen atoms in total. The summed E-state index contributed by atoms with van der Waals surface area (Å²) in [6, 6.07) is 0. The fraction of sp³-hybridized carbons (Fsp3) is 0.400. The molecule has 0 aromatic carbocycles. The van der Waals surface area contributed by atoms with Gasteiger partial charge >= 0.3 is 5.97 Å². The highest BCUT2D eigenvalue weighted by Gasteiger charge is 2.30. The number of rotatable bonds is 3. The van der Waals surface area contributed by atoms with Crippen molar-refractivity contribution in [1.29, 1.82) is 0 Å². The molecule has 1 saturated heterocycles. The SMILES string of the molecule is O=C(O)c1cncc(N2CC(CS)CC2=O)n1. The number of hydrogen-bond acceptors (Lipinski definition) is 5. The Kier molecular flexibility index (Phi) is 3.28. The van der Waals surface area contributed by atoms with Gasteiger partial charge in [0.1, 0.15) is 0 Å². The fourth-order valence-corrected chi connectivity index (χ4v) is 1.96. The minimum atomic E-state index is -1.16. The maximum absolute atomic E-state index is 11.7. The van der Waals surface area contributed by atoms with Crippen molar-refractivity contribution < 1.29 is 14.7 Å². The maximum atomic E-state index is 11.7. The molecule has 1 amide bonds. The number of thiol groups is 1. The first-order valence-electron chi connectivity index (χ1n) is 5.08. The number of aromatic carboxylic acids is 1. The first kappa shape index (κ1) is 11.8. The average molecular weight is 253 g/mol. The lowest BCUT2D eigenvalue weighted by molar-refractivity contribution is -0.117. The van der Waals surface area contributed by atoms with Gasteiger partial charge in [-0.2, -0.15) is 12.6 Å². The first-order valence-corrected chi connectivity index (χ1v) is 5.71. The minimum absolute atomic E-state index is 0.0686. The van der Waals surface area contributed by atoms with Crippen molar-refractivity contribution >= 4 is 30.3 Å². The van der Waals surface area contributed by atoms with Crippen molar-refractivity contribution in [2.45, 2.75) is 6.42 Å². The number of hydrogen-bond donors (Lipinski definition) is 2. The van der Waals surface area contributed by atoms with Crippen LogP contribution in [0.15, 0.2) is 12.4 Å². The topological polar surface area (TPSA) is 83.4 Å². The van der Waals surface area contributed by atoms with E-state index in [2.05, 4.69) is 22.6 Å². The van der Waals surface area contributed by atoms with E-state index in [0.717, 1.165) is 6.20 Å². The number of carbonyl (C=O) groups excluding carboxylic acids is 1. The van der Waals surface area contributed by atoms with Crippen LogP contribution in [0.3, 0.4) is 0 Å². The van der Waals surface area contributed by atoms with E-state index in [0.29, 0.717) is 24.5 Å². The summed E-state index contributed by atoms with van der Waals surface area (Å²) in [5.74, 6) is -0.133. The van der Waals surface area contributed by atoms with E-state index < -0.39 is 5.97 Å². The van der Waals surface area contributed by atoms with E-state index in [1.165, 1.54) is 11.1 Å². The van der Waals surface area contributed by atoms with Gasteiger partial charge in [-0.1, -0.05) is 0 Å². The number of carboxylic acid groups (broad SMARTS) is 1. The van der Waals surface area contributed by atoms with Gasteiger partial charge < -0.3 is 5.11 Å². The third-order valence-electron chi connectivity index (χ3n) is 2.58. The van der Waals surface area contributed by atoms with E-state index >= 15 is 0 Å². The van der Waals surface area contributed by atoms with Crippen LogP contribution in [0, 0.1) is 5.92 Å². The molecule has 7 heteroatoms. The molecule has 0 spiro atoms. The summed E-state index contributed by atoms with van der Waals surface area (Å²) in [4.78, 5) is 31.6. The van der Waals surface area contributed by atoms with Gasteiger partial charge in [0.2, 0.25) is 5.91 Å². The molecular formula is C10H11N3O3S. The quantitative estimate of drug-likeness (QED) is 0.764. The summed E-state index contributed by atoms with van der Waals surface area (Å²) in [5, 5.41) is 8.80. The molecule has 0 saturated carbocycles. The molecule has 0 aliphatic carbocycles. The van der Waals surface area contributed by atoms with Crippen LogP contribution < -0.4 is 4.90 Å². The zero-order chi connectivity index (χ0) is 12.4. The highest BCUT2D eigenvalue weighted by molar-refractivity contribution is 7.80. The molecule has 1 aliphatic rings. The van der Waals surface area contributed by atoms with Crippen molar-refractivity contribution in [2.75, 3.05) is 17.2 Å². The molecule has 1 atom stereocenters. The Morgan fingerprint density at radius 1 is 1.59 bits per heavy atom. The van der Waals surface area contributed by atoms with E-state index in [9.17, 15) is 9.59 Å². The standard InChI is InChI=1S/C10H11N3O3S/c14-9-1-6(5-17)4-13(9)8-3-11-2-7(12-8)10(15)16/h2-3,6,17H,1,4-5H2,(H,15,16). The monoisotopic (exact) mass is 253 g/mol. The summed E-state index contributed by atoms with van der Waals surface area (Å²) >= 11 is 4.15. The van der Waals surface area contributed by atoms with Crippen LogP contribution in [0.4, 0.5) is 5.82 Å². The van der Waals surface area contributed by atoms with Gasteiger partial charge in [0.05, 0.1) is 12.4 Å². The Bertz CT molecular complexity index is 466. The summed E-state index contributed by atoms with van der Waals surface area (Å²) in [6.45, 7) is 0.514. The Hall–Kier alpha value is -1.63. The third-order valence-corrected chi connectivity index (χ3v) is 3.10. The summed E-state index contributed by atoms with van der Waals surface area (Å²) < 4.78 is 0. The Morgan fingerprint density at radius 3 is 2.94 bits per heavy atom. The van der Waals surface area contributed by atoms with Crippen molar-refractivity contribution in [2.24, 2.45) is 5.92 Å². The van der Waals surface area contributed by atoms with Crippen LogP contribution in [0.25, 0.3) is 0 Å². The van der Waals surface area contributed by atoms with Crippen molar-refractivity contribution in [1.82, 2.24) is 9.97 Å². The second-order valence-corrected chi connectivity index (χ2v) is 4.19. The van der Waals surface area contributed by atoms with Crippen LogP contribution >= 0.6 is 12.6 Å². The van der Waals surface area contributed by atoms with E-state index in [1.54, 1.807) is 0 Å². The lowest BCUT2D eigenvalue weighted by atomic mass is 10.1. The first-order chi connectivity index (χ1) is 8.11. The molecule has 1 aromatic rings. The highest BCUT2D eigenvalue weighted by atomic mass is 32.1. The normalized spacial score (nSPS) is 19.7. The van der Waals surface area contributed by atoms with Gasteiger partial charge in [0, 0.05) is 13.0 Å². The average Bonchev–Trinajstić information content (AvgIpc) is 2.71. The van der Waals surface area contributed by atoms with Gasteiger partial charge in [0.15, 0.2) is 11.5 Å². The summed E-state index contributed by atoms with van der Waals surface area (Å²) in [6.07, 6.45) is 2.97. The minimum Gasteiger partial charge on any atom is -0.476 e. The molecule has 0 bridgehead atoms. The largest absolute Gasteiger partial charge is 0.476 e. The predicted molar refractivity (Wildman–Crippen MR) is 63.3 cm³/mol. The molecule has 2 rings (SSSR count). The van der Waals surface area contributed by atoms with Gasteiger partial charge in [0.25, 0.3) is 0 Å². The summed E-state index contributed by atoms with van der Waals surface area (Å²) in [7, 11) is 0. The molecule has 1 aliphatic heterocycles. The van der Waals surface area contributed by atoms with E-state index in [1.807, 2.05) is 0 Å². The van der Waals surface area contributed by atoms with E-state index in [-0.39, 0.29) is 17.5 Å². The molecule has 2 heterocycles. The smallest absolute Gasteiger partial charge is 0.356 e. The summed E-state index contributed by atoms with van der Waals surface area (Å²) in [5.41, 5.74) is -0.162. The molecule has 1 unspecified atom stereocenters. The van der Waals surface area contributed by atoms with E-state index in [4.69, 9.17) is 5.11 Å². The van der Waals surface area contributed by atoms with Gasteiger partial charge in [-0.15, -0.1) is 0 Å². The number of nitrogens with zero attached hydrogens (tertiary/aromatic N) is 3. The zero-order valence-corrected chi connectivity index (χ0v) is 9.80. The number of anilines is 1. The highest BCUT2D eigenvalue weighted by Crippen LogP contribution is 2.23. The Balaban J connectivity index is 2.25. The number of aromatic nitrogens is 2. The predicted octanol–water partition coefficient (Wildman–Crippen LogP) is 0.457. The molecule has 0 radical (unpaired) electrons. The number of amides is 1. The Labute approximate surface area is 103 Å². The number of carboxylic acids is 1. The second-order valence-electron chi connectivity index (χ2n) is 3.82. The van der Waals surface area contributed by atoms with Gasteiger partial charge in [-0.3, -0.25) is 14.7 Å². The maximum Gasteiger partial charge on any atom is 0.356 e. The molecule has 17 heavy (non-hydrogen) atoms.